The standard InChI is InChI=1S/C11H16O2.C2H6/c1-4-7-8-10(5-2)9-13-11(12)6-3;1-2/h4-5,7-8H,1,6,9H2,2-3H3;1-2H3/b8-7-,10-5+;. The zero-order valence-electron chi connectivity index (χ0n) is 10.2. The van der Waals surface area contributed by atoms with Crippen LogP contribution < -0.4 is 0 Å². The molecule has 15 heavy (non-hydrogen) atoms. The van der Waals surface area contributed by atoms with E-state index in [1.54, 1.807) is 13.0 Å². The second-order valence-corrected chi connectivity index (χ2v) is 2.47. The Morgan fingerprint density at radius 1 is 1.40 bits per heavy atom. The zero-order chi connectivity index (χ0) is 12.1. The van der Waals surface area contributed by atoms with Gasteiger partial charge < -0.3 is 4.74 Å². The summed E-state index contributed by atoms with van der Waals surface area (Å²) in [6.07, 6.45) is 7.70. The third-order valence-electron chi connectivity index (χ3n) is 1.51. The molecule has 86 valence electrons. The SMILES string of the molecule is C=C/C=C\C(=C/C)COC(=O)CC.CC. The second kappa shape index (κ2) is 12.7. The molecule has 0 fully saturated rings. The highest BCUT2D eigenvalue weighted by atomic mass is 16.5. The van der Waals surface area contributed by atoms with Crippen LogP contribution in [0.15, 0.2) is 36.5 Å². The number of hydrogen-bond acceptors (Lipinski definition) is 2. The van der Waals surface area contributed by atoms with E-state index in [1.165, 1.54) is 0 Å². The average Bonchev–Trinajstić information content (AvgIpc) is 2.31. The summed E-state index contributed by atoms with van der Waals surface area (Å²) in [5, 5.41) is 0. The summed E-state index contributed by atoms with van der Waals surface area (Å²) in [4.78, 5) is 10.8. The van der Waals surface area contributed by atoms with E-state index in [0.29, 0.717) is 13.0 Å². The number of rotatable bonds is 5. The van der Waals surface area contributed by atoms with Crippen molar-refractivity contribution in [3.63, 3.8) is 0 Å². The quantitative estimate of drug-likeness (QED) is 0.511. The van der Waals surface area contributed by atoms with Crippen LogP contribution >= 0.6 is 0 Å². The van der Waals surface area contributed by atoms with Crippen LogP contribution in [-0.2, 0) is 9.53 Å². The van der Waals surface area contributed by atoms with E-state index < -0.39 is 0 Å². The number of carbonyl (C=O) groups is 1. The maximum absolute atomic E-state index is 10.8. The van der Waals surface area contributed by atoms with E-state index in [2.05, 4.69) is 6.58 Å². The minimum Gasteiger partial charge on any atom is -0.461 e. The molecule has 0 aromatic heterocycles. The van der Waals surface area contributed by atoms with Gasteiger partial charge >= 0.3 is 5.97 Å². The third kappa shape index (κ3) is 10.6. The van der Waals surface area contributed by atoms with Crippen molar-refractivity contribution in [2.75, 3.05) is 6.61 Å². The van der Waals surface area contributed by atoms with E-state index in [-0.39, 0.29) is 5.97 Å². The maximum Gasteiger partial charge on any atom is 0.305 e. The van der Waals surface area contributed by atoms with Crippen LogP contribution in [0.25, 0.3) is 0 Å². The molecule has 0 unspecified atom stereocenters. The Kier molecular flexibility index (Phi) is 13.6. The Morgan fingerprint density at radius 3 is 2.40 bits per heavy atom. The molecular formula is C13H22O2. The predicted molar refractivity (Wildman–Crippen MR) is 65.7 cm³/mol. The zero-order valence-corrected chi connectivity index (χ0v) is 10.2. The summed E-state index contributed by atoms with van der Waals surface area (Å²) in [6.45, 7) is 11.6. The Bertz CT molecular complexity index is 225. The van der Waals surface area contributed by atoms with Crippen molar-refractivity contribution in [3.8, 4) is 0 Å². The summed E-state index contributed by atoms with van der Waals surface area (Å²) in [7, 11) is 0. The van der Waals surface area contributed by atoms with Gasteiger partial charge in [0.15, 0.2) is 0 Å². The summed E-state index contributed by atoms with van der Waals surface area (Å²) >= 11 is 0. The molecule has 0 amide bonds. The Labute approximate surface area is 93.3 Å². The molecule has 0 spiro atoms. The number of ether oxygens (including phenoxy) is 1. The first kappa shape index (κ1) is 16.1. The van der Waals surface area contributed by atoms with Gasteiger partial charge in [-0.05, 0) is 12.5 Å². The third-order valence-corrected chi connectivity index (χ3v) is 1.51. The molecule has 0 aliphatic heterocycles. The predicted octanol–water partition coefficient (Wildman–Crippen LogP) is 3.65. The van der Waals surface area contributed by atoms with Gasteiger partial charge in [-0.1, -0.05) is 51.7 Å². The summed E-state index contributed by atoms with van der Waals surface area (Å²) in [5.41, 5.74) is 0.974. The lowest BCUT2D eigenvalue weighted by molar-refractivity contribution is -0.142. The fraction of sp³-hybridized carbons (Fsp3) is 0.462. The lowest BCUT2D eigenvalue weighted by Crippen LogP contribution is -2.04. The minimum absolute atomic E-state index is 0.175. The van der Waals surface area contributed by atoms with Crippen LogP contribution in [-0.4, -0.2) is 12.6 Å². The minimum atomic E-state index is -0.175. The van der Waals surface area contributed by atoms with Crippen LogP contribution in [0, 0.1) is 0 Å². The Morgan fingerprint density at radius 2 is 2.00 bits per heavy atom. The molecule has 0 bridgehead atoms. The molecule has 0 atom stereocenters. The molecule has 0 N–H and O–H groups in total. The van der Waals surface area contributed by atoms with Gasteiger partial charge in [0.25, 0.3) is 0 Å². The Balaban J connectivity index is 0. The van der Waals surface area contributed by atoms with Crippen LogP contribution in [0.2, 0.25) is 0 Å². The molecule has 0 saturated heterocycles. The van der Waals surface area contributed by atoms with Gasteiger partial charge in [0, 0.05) is 6.42 Å². The van der Waals surface area contributed by atoms with Gasteiger partial charge in [-0.2, -0.15) is 0 Å². The van der Waals surface area contributed by atoms with Crippen molar-refractivity contribution in [1.82, 2.24) is 0 Å². The molecule has 0 radical (unpaired) electrons. The molecule has 0 heterocycles. The number of esters is 1. The summed E-state index contributed by atoms with van der Waals surface area (Å²) in [5.74, 6) is -0.175. The molecule has 2 heteroatoms. The van der Waals surface area contributed by atoms with Crippen LogP contribution in [0.1, 0.15) is 34.1 Å². The summed E-state index contributed by atoms with van der Waals surface area (Å²) < 4.78 is 4.95. The maximum atomic E-state index is 10.8. The van der Waals surface area contributed by atoms with Gasteiger partial charge in [0.1, 0.15) is 6.61 Å². The van der Waals surface area contributed by atoms with Crippen LogP contribution in [0.3, 0.4) is 0 Å². The van der Waals surface area contributed by atoms with Gasteiger partial charge in [-0.25, -0.2) is 0 Å². The number of allylic oxidation sites excluding steroid dienone is 3. The van der Waals surface area contributed by atoms with Crippen molar-refractivity contribution in [3.05, 3.63) is 36.5 Å². The van der Waals surface area contributed by atoms with E-state index in [4.69, 9.17) is 4.74 Å². The molecule has 0 saturated carbocycles. The molecule has 0 aliphatic rings. The van der Waals surface area contributed by atoms with Gasteiger partial charge in [-0.15, -0.1) is 0 Å². The highest BCUT2D eigenvalue weighted by Gasteiger charge is 1.98. The van der Waals surface area contributed by atoms with E-state index in [0.717, 1.165) is 5.57 Å². The molecular weight excluding hydrogens is 188 g/mol. The molecule has 0 rings (SSSR count). The van der Waals surface area contributed by atoms with E-state index in [1.807, 2.05) is 39.0 Å². The monoisotopic (exact) mass is 210 g/mol. The largest absolute Gasteiger partial charge is 0.461 e. The lowest BCUT2D eigenvalue weighted by Gasteiger charge is -2.02. The van der Waals surface area contributed by atoms with Crippen molar-refractivity contribution < 1.29 is 9.53 Å². The summed E-state index contributed by atoms with van der Waals surface area (Å²) in [6, 6.07) is 0. The topological polar surface area (TPSA) is 26.3 Å². The van der Waals surface area contributed by atoms with E-state index in [9.17, 15) is 4.79 Å². The fourth-order valence-electron chi connectivity index (χ4n) is 0.685. The fourth-order valence-corrected chi connectivity index (χ4v) is 0.685. The van der Waals surface area contributed by atoms with Crippen molar-refractivity contribution >= 4 is 5.97 Å². The second-order valence-electron chi connectivity index (χ2n) is 2.47. The van der Waals surface area contributed by atoms with Crippen molar-refractivity contribution in [1.29, 1.82) is 0 Å². The Hall–Kier alpha value is -1.31. The number of carbonyl (C=O) groups excluding carboxylic acids is 1. The van der Waals surface area contributed by atoms with Gasteiger partial charge in [0.2, 0.25) is 0 Å². The highest BCUT2D eigenvalue weighted by Crippen LogP contribution is 1.99. The van der Waals surface area contributed by atoms with E-state index >= 15 is 0 Å². The lowest BCUT2D eigenvalue weighted by atomic mass is 10.2. The van der Waals surface area contributed by atoms with Crippen molar-refractivity contribution in [2.45, 2.75) is 34.1 Å². The normalized spacial score (nSPS) is 10.5. The van der Waals surface area contributed by atoms with Crippen LogP contribution in [0.4, 0.5) is 0 Å². The molecule has 2 nitrogen and oxygen atoms in total. The average molecular weight is 210 g/mol. The first-order valence-electron chi connectivity index (χ1n) is 5.34. The highest BCUT2D eigenvalue weighted by molar-refractivity contribution is 5.69. The first-order valence-corrected chi connectivity index (χ1v) is 5.34. The van der Waals surface area contributed by atoms with Gasteiger partial charge in [0.05, 0.1) is 0 Å². The molecule has 0 aliphatic carbocycles. The molecule has 0 aromatic carbocycles. The molecule has 0 aromatic rings. The van der Waals surface area contributed by atoms with Gasteiger partial charge in [-0.3, -0.25) is 4.79 Å². The number of hydrogen-bond donors (Lipinski definition) is 0. The van der Waals surface area contributed by atoms with Crippen molar-refractivity contribution in [2.24, 2.45) is 0 Å². The first-order chi connectivity index (χ1) is 7.24. The smallest absolute Gasteiger partial charge is 0.305 e. The van der Waals surface area contributed by atoms with Crippen LogP contribution in [0.5, 0.6) is 0 Å².